The summed E-state index contributed by atoms with van der Waals surface area (Å²) in [7, 11) is -4.63. The number of phosphoric ester groups is 1. The van der Waals surface area contributed by atoms with E-state index in [1.807, 2.05) is 66.7 Å². The summed E-state index contributed by atoms with van der Waals surface area (Å²) >= 11 is 0. The summed E-state index contributed by atoms with van der Waals surface area (Å²) in [4.78, 5) is 30.9. The van der Waals surface area contributed by atoms with Crippen LogP contribution in [0, 0.1) is 0 Å². The van der Waals surface area contributed by atoms with Crippen molar-refractivity contribution in [2.45, 2.75) is 109 Å². The minimum atomic E-state index is -4.63. The molecule has 0 saturated heterocycles. The molecule has 2 aromatic rings. The van der Waals surface area contributed by atoms with Crippen LogP contribution in [0.1, 0.15) is 114 Å². The van der Waals surface area contributed by atoms with Crippen LogP contribution in [0.4, 0.5) is 0 Å². The maximum Gasteiger partial charge on any atom is 0.469 e. The van der Waals surface area contributed by atoms with Crippen molar-refractivity contribution in [3.8, 4) is 0 Å². The van der Waals surface area contributed by atoms with E-state index >= 15 is 0 Å². The van der Waals surface area contributed by atoms with Crippen LogP contribution in [-0.4, -0.2) is 28.3 Å². The Balaban J connectivity index is 1.66. The third-order valence-corrected chi connectivity index (χ3v) is 7.69. The van der Waals surface area contributed by atoms with E-state index in [4.69, 9.17) is 4.52 Å². The largest absolute Gasteiger partial charge is 0.469 e. The standard InChI is InChI=1S/C35H52NO5P/c1-2-3-4-5-6-7-8-9-10-11-12-13-14-15-19-22-35(37)36-34(30-41-42(38,39)40)29-33-27-25-32(26-28-33)24-23-31-20-17-16-18-21-31/h9-10,16-18,20-21,23-28,34H,2-8,11-15,19,22,29-30H2,1H3,(H,36,37)(H2,38,39,40)/t34-/m0/s1. The lowest BCUT2D eigenvalue weighted by molar-refractivity contribution is -0.122. The number of carbonyl (C=O) groups excluding carboxylic acids is 1. The lowest BCUT2D eigenvalue weighted by Crippen LogP contribution is -2.39. The number of phosphoric acid groups is 1. The van der Waals surface area contributed by atoms with E-state index in [1.165, 1.54) is 51.4 Å². The second kappa shape index (κ2) is 22.1. The molecule has 0 saturated carbocycles. The van der Waals surface area contributed by atoms with E-state index in [-0.39, 0.29) is 12.5 Å². The molecule has 232 valence electrons. The van der Waals surface area contributed by atoms with Crippen molar-refractivity contribution < 1.29 is 23.7 Å². The van der Waals surface area contributed by atoms with Gasteiger partial charge in [0, 0.05) is 6.42 Å². The van der Waals surface area contributed by atoms with Crippen molar-refractivity contribution >= 4 is 25.9 Å². The van der Waals surface area contributed by atoms with Crippen LogP contribution < -0.4 is 5.32 Å². The van der Waals surface area contributed by atoms with Crippen molar-refractivity contribution in [1.29, 1.82) is 0 Å². The molecule has 0 heterocycles. The zero-order valence-corrected chi connectivity index (χ0v) is 26.4. The van der Waals surface area contributed by atoms with Crippen LogP contribution >= 0.6 is 7.82 Å². The molecule has 0 unspecified atom stereocenters. The Bertz CT molecular complexity index is 1080. The third-order valence-electron chi connectivity index (χ3n) is 7.20. The lowest BCUT2D eigenvalue weighted by atomic mass is 10.0. The summed E-state index contributed by atoms with van der Waals surface area (Å²) in [6, 6.07) is 17.4. The summed E-state index contributed by atoms with van der Waals surface area (Å²) < 4.78 is 16.0. The molecule has 7 heteroatoms. The number of unbranched alkanes of at least 4 members (excludes halogenated alkanes) is 11. The van der Waals surface area contributed by atoms with Crippen LogP contribution in [0.2, 0.25) is 0 Å². The van der Waals surface area contributed by atoms with Crippen molar-refractivity contribution in [3.05, 3.63) is 83.4 Å². The van der Waals surface area contributed by atoms with Crippen LogP contribution in [-0.2, 0) is 20.3 Å². The van der Waals surface area contributed by atoms with E-state index in [0.717, 1.165) is 48.8 Å². The summed E-state index contributed by atoms with van der Waals surface area (Å²) in [6.07, 6.45) is 25.1. The van der Waals surface area contributed by atoms with Gasteiger partial charge in [0.05, 0.1) is 12.6 Å². The lowest BCUT2D eigenvalue weighted by Gasteiger charge is -2.19. The first-order chi connectivity index (χ1) is 20.4. The van der Waals surface area contributed by atoms with Gasteiger partial charge in [0.25, 0.3) is 0 Å². The first-order valence-electron chi connectivity index (χ1n) is 15.8. The maximum atomic E-state index is 12.6. The summed E-state index contributed by atoms with van der Waals surface area (Å²) in [5, 5.41) is 2.92. The number of nitrogens with one attached hydrogen (secondary N) is 1. The number of rotatable bonds is 23. The van der Waals surface area contributed by atoms with E-state index in [9.17, 15) is 19.1 Å². The van der Waals surface area contributed by atoms with Gasteiger partial charge in [0.2, 0.25) is 5.91 Å². The smallest absolute Gasteiger partial charge is 0.351 e. The molecule has 0 aromatic heterocycles. The van der Waals surface area contributed by atoms with Gasteiger partial charge in [-0.05, 0) is 55.2 Å². The number of allylic oxidation sites excluding steroid dienone is 2. The minimum absolute atomic E-state index is 0.116. The van der Waals surface area contributed by atoms with Crippen LogP contribution in [0.25, 0.3) is 12.2 Å². The van der Waals surface area contributed by atoms with Gasteiger partial charge in [-0.15, -0.1) is 0 Å². The molecule has 42 heavy (non-hydrogen) atoms. The highest BCUT2D eigenvalue weighted by atomic mass is 31.2. The van der Waals surface area contributed by atoms with Gasteiger partial charge in [-0.3, -0.25) is 9.32 Å². The Morgan fingerprint density at radius 2 is 1.33 bits per heavy atom. The van der Waals surface area contributed by atoms with E-state index in [1.54, 1.807) is 0 Å². The van der Waals surface area contributed by atoms with E-state index < -0.39 is 13.9 Å². The Morgan fingerprint density at radius 3 is 1.93 bits per heavy atom. The first kappa shape index (κ1) is 35.7. The zero-order chi connectivity index (χ0) is 30.3. The molecule has 1 atom stereocenters. The first-order valence-corrected chi connectivity index (χ1v) is 17.4. The maximum absolute atomic E-state index is 12.6. The summed E-state index contributed by atoms with van der Waals surface area (Å²) in [5.41, 5.74) is 3.11. The number of benzene rings is 2. The quantitative estimate of drug-likeness (QED) is 0.0514. The van der Waals surface area contributed by atoms with Gasteiger partial charge in [-0.25, -0.2) is 4.57 Å². The Morgan fingerprint density at radius 1 is 0.786 bits per heavy atom. The third kappa shape index (κ3) is 18.8. The van der Waals surface area contributed by atoms with Crippen molar-refractivity contribution in [2.75, 3.05) is 6.61 Å². The van der Waals surface area contributed by atoms with E-state index in [0.29, 0.717) is 12.8 Å². The van der Waals surface area contributed by atoms with Crippen molar-refractivity contribution in [2.24, 2.45) is 0 Å². The van der Waals surface area contributed by atoms with E-state index in [2.05, 4.69) is 24.4 Å². The molecule has 2 rings (SSSR count). The summed E-state index contributed by atoms with van der Waals surface area (Å²) in [5.74, 6) is -0.116. The normalized spacial score (nSPS) is 12.7. The molecule has 0 aliphatic rings. The number of carbonyl (C=O) groups is 1. The molecule has 6 nitrogen and oxygen atoms in total. The highest BCUT2D eigenvalue weighted by Crippen LogP contribution is 2.35. The fraction of sp³-hybridized carbons (Fsp3) is 0.514. The predicted octanol–water partition coefficient (Wildman–Crippen LogP) is 9.03. The van der Waals surface area contributed by atoms with Crippen LogP contribution in [0.5, 0.6) is 0 Å². The molecule has 0 bridgehead atoms. The molecule has 0 spiro atoms. The SMILES string of the molecule is CCCCCCCCC=CCCCCCCCC(=O)N[C@H](COP(=O)(O)O)Cc1ccc(C=Cc2ccccc2)cc1. The second-order valence-electron chi connectivity index (χ2n) is 11.1. The highest BCUT2D eigenvalue weighted by molar-refractivity contribution is 7.46. The molecule has 0 radical (unpaired) electrons. The molecule has 0 fully saturated rings. The Labute approximate surface area is 253 Å². The van der Waals surface area contributed by atoms with Crippen molar-refractivity contribution in [3.63, 3.8) is 0 Å². The van der Waals surface area contributed by atoms with Gasteiger partial charge in [0.1, 0.15) is 0 Å². The predicted molar refractivity (Wildman–Crippen MR) is 175 cm³/mol. The molecule has 0 aliphatic carbocycles. The number of hydrogen-bond donors (Lipinski definition) is 3. The van der Waals surface area contributed by atoms with Crippen LogP contribution in [0.3, 0.4) is 0 Å². The molecule has 0 aliphatic heterocycles. The fourth-order valence-corrected chi connectivity index (χ4v) is 5.17. The molecule has 2 aromatic carbocycles. The Hall–Kier alpha value is -2.50. The molecule has 3 N–H and O–H groups in total. The molecule has 1 amide bonds. The number of hydrogen-bond acceptors (Lipinski definition) is 3. The van der Waals surface area contributed by atoms with Crippen LogP contribution in [0.15, 0.2) is 66.7 Å². The zero-order valence-electron chi connectivity index (χ0n) is 25.5. The van der Waals surface area contributed by atoms with Gasteiger partial charge in [-0.2, -0.15) is 0 Å². The number of amides is 1. The second-order valence-corrected chi connectivity index (χ2v) is 12.3. The minimum Gasteiger partial charge on any atom is -0.351 e. The molecular weight excluding hydrogens is 545 g/mol. The van der Waals surface area contributed by atoms with Gasteiger partial charge in [0.15, 0.2) is 0 Å². The monoisotopic (exact) mass is 597 g/mol. The van der Waals surface area contributed by atoms with Gasteiger partial charge in [-0.1, -0.05) is 137 Å². The average molecular weight is 598 g/mol. The Kier molecular flexibility index (Phi) is 18.8. The van der Waals surface area contributed by atoms with Gasteiger partial charge >= 0.3 is 7.82 Å². The summed E-state index contributed by atoms with van der Waals surface area (Å²) in [6.45, 7) is 2.00. The van der Waals surface area contributed by atoms with Crippen molar-refractivity contribution in [1.82, 2.24) is 5.32 Å². The van der Waals surface area contributed by atoms with Gasteiger partial charge < -0.3 is 15.1 Å². The highest BCUT2D eigenvalue weighted by Gasteiger charge is 2.20. The molecular formula is C35H52NO5P. The topological polar surface area (TPSA) is 95.9 Å². The average Bonchev–Trinajstić information content (AvgIpc) is 2.97. The fourth-order valence-electron chi connectivity index (χ4n) is 4.80.